The molecule has 0 unspecified atom stereocenters. The van der Waals surface area contributed by atoms with E-state index in [1.807, 2.05) is 0 Å². The Kier molecular flexibility index (Phi) is 2.59. The fourth-order valence-electron chi connectivity index (χ4n) is 0.598. The first kappa shape index (κ1) is 8.92. The summed E-state index contributed by atoms with van der Waals surface area (Å²) in [7, 11) is 0. The summed E-state index contributed by atoms with van der Waals surface area (Å²) in [6.45, 7) is 0. The molecule has 1 rings (SSSR count). The van der Waals surface area contributed by atoms with Gasteiger partial charge in [-0.15, -0.1) is 11.8 Å². The molecule has 0 fully saturated rings. The number of rotatable bonds is 2. The van der Waals surface area contributed by atoms with Crippen molar-refractivity contribution >= 4 is 17.7 Å². The summed E-state index contributed by atoms with van der Waals surface area (Å²) in [6, 6.07) is 0. The Balaban J connectivity index is 3.13. The Hall–Kier alpha value is -1.17. The van der Waals surface area contributed by atoms with Crippen molar-refractivity contribution in [3.63, 3.8) is 0 Å². The summed E-state index contributed by atoms with van der Waals surface area (Å²) >= 11 is 1.04. The minimum atomic E-state index is -1.26. The zero-order valence-electron chi connectivity index (χ0n) is 6.11. The molecule has 0 aliphatic heterocycles. The fourth-order valence-corrected chi connectivity index (χ4v) is 1.02. The fraction of sp³-hybridized carbons (Fsp3) is 0.167. The van der Waals surface area contributed by atoms with Gasteiger partial charge in [0.25, 0.3) is 0 Å². The van der Waals surface area contributed by atoms with Crippen molar-refractivity contribution in [2.24, 2.45) is 0 Å². The predicted molar refractivity (Wildman–Crippen MR) is 40.7 cm³/mol. The Morgan fingerprint density at radius 2 is 2.42 bits per heavy atom. The van der Waals surface area contributed by atoms with Gasteiger partial charge in [-0.25, -0.2) is 19.2 Å². The van der Waals surface area contributed by atoms with Crippen LogP contribution in [-0.4, -0.2) is 27.3 Å². The van der Waals surface area contributed by atoms with Crippen LogP contribution in [0.3, 0.4) is 0 Å². The number of carbonyl (C=O) groups is 1. The van der Waals surface area contributed by atoms with Crippen LogP contribution in [0.5, 0.6) is 0 Å². The van der Waals surface area contributed by atoms with Crippen LogP contribution in [0.2, 0.25) is 0 Å². The molecule has 6 heteroatoms. The maximum atomic E-state index is 12.7. The molecule has 0 saturated carbocycles. The van der Waals surface area contributed by atoms with Gasteiger partial charge in [0, 0.05) is 0 Å². The van der Waals surface area contributed by atoms with E-state index in [9.17, 15) is 9.18 Å². The minimum absolute atomic E-state index is 0.0439. The van der Waals surface area contributed by atoms with Crippen LogP contribution in [-0.2, 0) is 0 Å². The second kappa shape index (κ2) is 3.48. The smallest absolute Gasteiger partial charge is 0.373 e. The first-order chi connectivity index (χ1) is 5.65. The molecule has 0 aliphatic carbocycles. The highest BCUT2D eigenvalue weighted by Gasteiger charge is 2.10. The van der Waals surface area contributed by atoms with E-state index in [1.54, 1.807) is 6.26 Å². The van der Waals surface area contributed by atoms with Crippen LogP contribution < -0.4 is 0 Å². The van der Waals surface area contributed by atoms with Gasteiger partial charge >= 0.3 is 5.97 Å². The molecule has 1 aromatic rings. The van der Waals surface area contributed by atoms with Crippen molar-refractivity contribution in [3.05, 3.63) is 17.8 Å². The molecule has 0 spiro atoms. The Labute approximate surface area is 71.8 Å². The van der Waals surface area contributed by atoms with Crippen LogP contribution in [0.1, 0.15) is 10.6 Å². The lowest BCUT2D eigenvalue weighted by Gasteiger charge is -1.97. The molecule has 12 heavy (non-hydrogen) atoms. The van der Waals surface area contributed by atoms with Crippen LogP contribution in [0.25, 0.3) is 0 Å². The van der Waals surface area contributed by atoms with Gasteiger partial charge in [0.2, 0.25) is 5.82 Å². The van der Waals surface area contributed by atoms with E-state index in [4.69, 9.17) is 5.11 Å². The Bertz CT molecular complexity index is 318. The van der Waals surface area contributed by atoms with Crippen molar-refractivity contribution in [1.29, 1.82) is 0 Å². The second-order valence-corrected chi connectivity index (χ2v) is 2.65. The van der Waals surface area contributed by atoms with Crippen LogP contribution >= 0.6 is 11.8 Å². The van der Waals surface area contributed by atoms with E-state index in [0.717, 1.165) is 18.0 Å². The summed E-state index contributed by atoms with van der Waals surface area (Å²) in [5.41, 5.74) is 0. The molecule has 4 nitrogen and oxygen atoms in total. The van der Waals surface area contributed by atoms with Gasteiger partial charge in [-0.3, -0.25) is 0 Å². The molecule has 1 aromatic heterocycles. The monoisotopic (exact) mass is 188 g/mol. The highest BCUT2D eigenvalue weighted by atomic mass is 32.2. The van der Waals surface area contributed by atoms with E-state index in [2.05, 4.69) is 9.97 Å². The number of aromatic carboxylic acids is 1. The van der Waals surface area contributed by atoms with Gasteiger partial charge in [0.05, 0.1) is 6.20 Å². The predicted octanol–water partition coefficient (Wildman–Crippen LogP) is 1.04. The van der Waals surface area contributed by atoms with Gasteiger partial charge < -0.3 is 5.11 Å². The van der Waals surface area contributed by atoms with Gasteiger partial charge in [-0.1, -0.05) is 0 Å². The van der Waals surface area contributed by atoms with Crippen LogP contribution in [0.15, 0.2) is 11.2 Å². The Morgan fingerprint density at radius 1 is 1.75 bits per heavy atom. The SMILES string of the molecule is CSc1nc(C(=O)O)ncc1F. The van der Waals surface area contributed by atoms with Crippen molar-refractivity contribution in [2.75, 3.05) is 6.26 Å². The summed E-state index contributed by atoms with van der Waals surface area (Å²) in [5, 5.41) is 8.48. The third kappa shape index (κ3) is 1.70. The number of hydrogen-bond acceptors (Lipinski definition) is 4. The number of carboxylic acids is 1. The molecule has 0 atom stereocenters. The zero-order valence-corrected chi connectivity index (χ0v) is 6.93. The average Bonchev–Trinajstić information content (AvgIpc) is 2.05. The van der Waals surface area contributed by atoms with Crippen molar-refractivity contribution in [1.82, 2.24) is 9.97 Å². The number of aromatic nitrogens is 2. The normalized spacial score (nSPS) is 9.83. The van der Waals surface area contributed by atoms with Crippen molar-refractivity contribution < 1.29 is 14.3 Å². The van der Waals surface area contributed by atoms with E-state index in [-0.39, 0.29) is 10.9 Å². The summed E-state index contributed by atoms with van der Waals surface area (Å²) in [6.07, 6.45) is 2.46. The molecule has 1 N–H and O–H groups in total. The number of hydrogen-bond donors (Lipinski definition) is 1. The maximum absolute atomic E-state index is 12.7. The lowest BCUT2D eigenvalue weighted by Crippen LogP contribution is -2.05. The molecule has 64 valence electrons. The average molecular weight is 188 g/mol. The molecular formula is C6H5FN2O2S. The largest absolute Gasteiger partial charge is 0.475 e. The van der Waals surface area contributed by atoms with Crippen molar-refractivity contribution in [2.45, 2.75) is 5.03 Å². The van der Waals surface area contributed by atoms with Gasteiger partial charge in [0.1, 0.15) is 5.03 Å². The Morgan fingerprint density at radius 3 is 2.92 bits per heavy atom. The lowest BCUT2D eigenvalue weighted by molar-refractivity contribution is 0.0682. The molecule has 0 aromatic carbocycles. The first-order valence-corrected chi connectivity index (χ1v) is 4.17. The summed E-state index contributed by atoms with van der Waals surface area (Å²) < 4.78 is 12.7. The molecule has 0 saturated heterocycles. The van der Waals surface area contributed by atoms with E-state index in [1.165, 1.54) is 0 Å². The van der Waals surface area contributed by atoms with E-state index < -0.39 is 11.8 Å². The number of thioether (sulfide) groups is 1. The second-order valence-electron chi connectivity index (χ2n) is 1.86. The molecule has 0 amide bonds. The molecule has 0 radical (unpaired) electrons. The van der Waals surface area contributed by atoms with Crippen molar-refractivity contribution in [3.8, 4) is 0 Å². The standard InChI is InChI=1S/C6H5FN2O2S/c1-12-5-3(7)2-8-4(9-5)6(10)11/h2H,1H3,(H,10,11). The molecular weight excluding hydrogens is 183 g/mol. The highest BCUT2D eigenvalue weighted by molar-refractivity contribution is 7.98. The quantitative estimate of drug-likeness (QED) is 0.554. The summed E-state index contributed by atoms with van der Waals surface area (Å²) in [4.78, 5) is 17.1. The lowest BCUT2D eigenvalue weighted by atomic mass is 10.5. The minimum Gasteiger partial charge on any atom is -0.475 e. The van der Waals surface area contributed by atoms with Gasteiger partial charge in [-0.05, 0) is 6.26 Å². The third-order valence-electron chi connectivity index (χ3n) is 1.10. The molecule has 0 aliphatic rings. The van der Waals surface area contributed by atoms with Crippen LogP contribution in [0.4, 0.5) is 4.39 Å². The molecule has 0 bridgehead atoms. The van der Waals surface area contributed by atoms with Crippen LogP contribution in [0, 0.1) is 5.82 Å². The van der Waals surface area contributed by atoms with Gasteiger partial charge in [0.15, 0.2) is 5.82 Å². The van der Waals surface area contributed by atoms with E-state index in [0.29, 0.717) is 0 Å². The highest BCUT2D eigenvalue weighted by Crippen LogP contribution is 2.14. The maximum Gasteiger partial charge on any atom is 0.373 e. The summed E-state index contributed by atoms with van der Waals surface area (Å²) in [5.74, 6) is -2.25. The third-order valence-corrected chi connectivity index (χ3v) is 1.77. The molecule has 1 heterocycles. The number of carboxylic acid groups (broad SMARTS) is 1. The topological polar surface area (TPSA) is 63.1 Å². The van der Waals surface area contributed by atoms with E-state index >= 15 is 0 Å². The zero-order chi connectivity index (χ0) is 9.14. The first-order valence-electron chi connectivity index (χ1n) is 2.95. The van der Waals surface area contributed by atoms with Gasteiger partial charge in [-0.2, -0.15) is 0 Å². The number of nitrogens with zero attached hydrogens (tertiary/aromatic N) is 2. The number of halogens is 1.